The van der Waals surface area contributed by atoms with Crippen molar-refractivity contribution >= 4 is 44.0 Å². The van der Waals surface area contributed by atoms with Crippen LogP contribution in [-0.4, -0.2) is 31.2 Å². The summed E-state index contributed by atoms with van der Waals surface area (Å²) >= 11 is 7.79. The van der Waals surface area contributed by atoms with Gasteiger partial charge >= 0.3 is 0 Å². The van der Waals surface area contributed by atoms with Crippen LogP contribution in [0.15, 0.2) is 42.5 Å². The molecule has 3 nitrogen and oxygen atoms in total. The van der Waals surface area contributed by atoms with E-state index < -0.39 is 0 Å². The van der Waals surface area contributed by atoms with Crippen LogP contribution in [0.25, 0.3) is 10.2 Å². The van der Waals surface area contributed by atoms with Gasteiger partial charge in [0.05, 0.1) is 10.2 Å². The Bertz CT molecular complexity index is 835. The van der Waals surface area contributed by atoms with Gasteiger partial charge in [0.15, 0.2) is 5.13 Å². The minimum absolute atomic E-state index is 0.790. The summed E-state index contributed by atoms with van der Waals surface area (Å²) in [5, 5.41) is 1.94. The minimum atomic E-state index is 0.790. The topological polar surface area (TPSA) is 19.4 Å². The molecule has 0 spiro atoms. The summed E-state index contributed by atoms with van der Waals surface area (Å²) in [6.07, 6.45) is 1.07. The van der Waals surface area contributed by atoms with Crippen molar-refractivity contribution in [3.05, 3.63) is 53.1 Å². The second-order valence-electron chi connectivity index (χ2n) is 6.10. The van der Waals surface area contributed by atoms with Gasteiger partial charge in [0.25, 0.3) is 0 Å². The van der Waals surface area contributed by atoms with Gasteiger partial charge in [-0.05, 0) is 48.4 Å². The van der Waals surface area contributed by atoms with Crippen molar-refractivity contribution in [3.63, 3.8) is 0 Å². The molecule has 1 aromatic heterocycles. The van der Waals surface area contributed by atoms with Gasteiger partial charge in [-0.1, -0.05) is 35.9 Å². The molecule has 1 fully saturated rings. The Kier molecular flexibility index (Phi) is 4.33. The second-order valence-corrected chi connectivity index (χ2v) is 7.55. The number of hydrogen-bond acceptors (Lipinski definition) is 4. The van der Waals surface area contributed by atoms with Gasteiger partial charge < -0.3 is 9.80 Å². The minimum Gasteiger partial charge on any atom is -0.368 e. The third-order valence-corrected chi connectivity index (χ3v) is 5.92. The second kappa shape index (κ2) is 6.61. The number of hydrogen-bond donors (Lipinski definition) is 0. The summed E-state index contributed by atoms with van der Waals surface area (Å²) < 4.78 is 1.30. The molecule has 4 rings (SSSR count). The first-order chi connectivity index (χ1) is 11.7. The molecule has 0 bridgehead atoms. The summed E-state index contributed by atoms with van der Waals surface area (Å²) in [6, 6.07) is 14.7. The van der Waals surface area contributed by atoms with Crippen molar-refractivity contribution in [3.8, 4) is 0 Å². The number of halogens is 1. The Balaban J connectivity index is 1.48. The predicted octanol–water partition coefficient (Wildman–Crippen LogP) is 4.84. The molecule has 0 unspecified atom stereocenters. The SMILES string of the molecule is CCc1ccc2nc(N3CCN(c4ccc(Cl)cc4)CC3)sc2c1. The summed E-state index contributed by atoms with van der Waals surface area (Å²) in [7, 11) is 0. The van der Waals surface area contributed by atoms with Gasteiger partial charge in [0.1, 0.15) is 0 Å². The number of anilines is 2. The molecule has 1 saturated heterocycles. The van der Waals surface area contributed by atoms with E-state index in [1.807, 2.05) is 23.5 Å². The van der Waals surface area contributed by atoms with Crippen LogP contribution in [0, 0.1) is 0 Å². The van der Waals surface area contributed by atoms with E-state index in [1.54, 1.807) is 0 Å². The summed E-state index contributed by atoms with van der Waals surface area (Å²) in [6.45, 7) is 6.22. The quantitative estimate of drug-likeness (QED) is 0.668. The van der Waals surface area contributed by atoms with Crippen LogP contribution < -0.4 is 9.80 Å². The van der Waals surface area contributed by atoms with Crippen LogP contribution in [0.4, 0.5) is 10.8 Å². The number of aromatic nitrogens is 1. The van der Waals surface area contributed by atoms with E-state index in [-0.39, 0.29) is 0 Å². The monoisotopic (exact) mass is 357 g/mol. The highest BCUT2D eigenvalue weighted by atomic mass is 35.5. The van der Waals surface area contributed by atoms with Gasteiger partial charge in [-0.3, -0.25) is 0 Å². The lowest BCUT2D eigenvalue weighted by Crippen LogP contribution is -2.46. The van der Waals surface area contributed by atoms with E-state index in [4.69, 9.17) is 16.6 Å². The van der Waals surface area contributed by atoms with Gasteiger partial charge in [0, 0.05) is 36.9 Å². The smallest absolute Gasteiger partial charge is 0.186 e. The van der Waals surface area contributed by atoms with E-state index in [0.717, 1.165) is 48.3 Å². The number of aryl methyl sites for hydroxylation is 1. The van der Waals surface area contributed by atoms with Crippen LogP contribution >= 0.6 is 22.9 Å². The first-order valence-corrected chi connectivity index (χ1v) is 9.57. The normalized spacial score (nSPS) is 15.2. The Morgan fingerprint density at radius 2 is 1.71 bits per heavy atom. The zero-order chi connectivity index (χ0) is 16.5. The zero-order valence-electron chi connectivity index (χ0n) is 13.7. The van der Waals surface area contributed by atoms with Crippen molar-refractivity contribution in [2.24, 2.45) is 0 Å². The Morgan fingerprint density at radius 1 is 1.00 bits per heavy atom. The Morgan fingerprint density at radius 3 is 2.42 bits per heavy atom. The predicted molar refractivity (Wildman–Crippen MR) is 105 cm³/mol. The number of thiazole rings is 1. The number of fused-ring (bicyclic) bond motifs is 1. The fourth-order valence-corrected chi connectivity index (χ4v) is 4.33. The lowest BCUT2D eigenvalue weighted by atomic mass is 10.2. The molecule has 3 aromatic rings. The molecule has 5 heteroatoms. The number of nitrogens with zero attached hydrogens (tertiary/aromatic N) is 3. The fraction of sp³-hybridized carbons (Fsp3) is 0.316. The molecule has 1 aliphatic rings. The van der Waals surface area contributed by atoms with Gasteiger partial charge in [-0.25, -0.2) is 4.98 Å². The molecular formula is C19H20ClN3S. The molecule has 0 saturated carbocycles. The molecule has 0 N–H and O–H groups in total. The maximum Gasteiger partial charge on any atom is 0.186 e. The van der Waals surface area contributed by atoms with Crippen molar-refractivity contribution < 1.29 is 0 Å². The van der Waals surface area contributed by atoms with Crippen LogP contribution in [0.2, 0.25) is 5.02 Å². The molecule has 2 aromatic carbocycles. The molecule has 2 heterocycles. The van der Waals surface area contributed by atoms with Crippen LogP contribution in [-0.2, 0) is 6.42 Å². The van der Waals surface area contributed by atoms with E-state index in [9.17, 15) is 0 Å². The highest BCUT2D eigenvalue weighted by Crippen LogP contribution is 2.31. The van der Waals surface area contributed by atoms with Crippen LogP contribution in [0.1, 0.15) is 12.5 Å². The highest BCUT2D eigenvalue weighted by Gasteiger charge is 2.20. The zero-order valence-corrected chi connectivity index (χ0v) is 15.3. The van der Waals surface area contributed by atoms with Gasteiger partial charge in [-0.2, -0.15) is 0 Å². The number of rotatable bonds is 3. The highest BCUT2D eigenvalue weighted by molar-refractivity contribution is 7.22. The first-order valence-electron chi connectivity index (χ1n) is 8.38. The molecule has 0 radical (unpaired) electrons. The van der Waals surface area contributed by atoms with Gasteiger partial charge in [-0.15, -0.1) is 0 Å². The van der Waals surface area contributed by atoms with Crippen LogP contribution in [0.5, 0.6) is 0 Å². The van der Waals surface area contributed by atoms with Gasteiger partial charge in [0.2, 0.25) is 0 Å². The van der Waals surface area contributed by atoms with E-state index in [2.05, 4.69) is 47.1 Å². The molecule has 1 aliphatic heterocycles. The Labute approximate surface area is 151 Å². The number of benzene rings is 2. The Hall–Kier alpha value is -1.78. The maximum absolute atomic E-state index is 5.98. The summed E-state index contributed by atoms with van der Waals surface area (Å²) in [5.41, 5.74) is 3.74. The third-order valence-electron chi connectivity index (χ3n) is 4.59. The maximum atomic E-state index is 5.98. The van der Waals surface area contributed by atoms with E-state index in [1.165, 1.54) is 16.0 Å². The average Bonchev–Trinajstić information content (AvgIpc) is 3.05. The molecule has 0 aliphatic carbocycles. The van der Waals surface area contributed by atoms with E-state index >= 15 is 0 Å². The molecule has 124 valence electrons. The molecule has 0 atom stereocenters. The first kappa shape index (κ1) is 15.7. The average molecular weight is 358 g/mol. The van der Waals surface area contributed by atoms with Crippen molar-refractivity contribution in [2.45, 2.75) is 13.3 Å². The third kappa shape index (κ3) is 3.08. The van der Waals surface area contributed by atoms with E-state index in [0.29, 0.717) is 0 Å². The molecule has 24 heavy (non-hydrogen) atoms. The lowest BCUT2D eigenvalue weighted by Gasteiger charge is -2.36. The lowest BCUT2D eigenvalue weighted by molar-refractivity contribution is 0.652. The van der Waals surface area contributed by atoms with Crippen molar-refractivity contribution in [1.29, 1.82) is 0 Å². The fourth-order valence-electron chi connectivity index (χ4n) is 3.12. The summed E-state index contributed by atoms with van der Waals surface area (Å²) in [5.74, 6) is 0. The van der Waals surface area contributed by atoms with Crippen LogP contribution in [0.3, 0.4) is 0 Å². The standard InChI is InChI=1S/C19H20ClN3S/c1-2-14-3-8-17-18(13-14)24-19(21-17)23-11-9-22(10-12-23)16-6-4-15(20)5-7-16/h3-8,13H,2,9-12H2,1H3. The molecular weight excluding hydrogens is 338 g/mol. The molecule has 0 amide bonds. The summed E-state index contributed by atoms with van der Waals surface area (Å²) in [4.78, 5) is 9.65. The number of piperazine rings is 1. The van der Waals surface area contributed by atoms with Crippen molar-refractivity contribution in [2.75, 3.05) is 36.0 Å². The largest absolute Gasteiger partial charge is 0.368 e. The van der Waals surface area contributed by atoms with Crippen molar-refractivity contribution in [1.82, 2.24) is 4.98 Å².